The fraction of sp³-hybridized carbons (Fsp3) is 0.434. The van der Waals surface area contributed by atoms with E-state index in [1.165, 1.54) is 41.3 Å². The molecule has 4 aromatic carbocycles. The summed E-state index contributed by atoms with van der Waals surface area (Å²) in [6.07, 6.45) is 11.2. The van der Waals surface area contributed by atoms with Crippen molar-refractivity contribution in [3.05, 3.63) is 142 Å². The Hall–Kier alpha value is -5.78. The summed E-state index contributed by atoms with van der Waals surface area (Å²) < 4.78 is 47.6. The minimum absolute atomic E-state index is 0.0192. The van der Waals surface area contributed by atoms with Crippen LogP contribution in [0.15, 0.2) is 125 Å². The smallest absolute Gasteiger partial charge is 0.416 e. The van der Waals surface area contributed by atoms with Gasteiger partial charge in [0.2, 0.25) is 12.1 Å². The SMILES string of the molecule is C=CCOC12Oc3ccc(Oc4ccc(SC)cc4)cc3C3C(CCCCO)C(CCCCO)C=C(C(=NOC4CCCCO4)CC1N(Cc1ccc(F)cc1)C(=O)Oc1ccc([N+](=O)[O-])cc1)C32. The molecule has 1 saturated heterocycles. The predicted octanol–water partition coefficient (Wildman–Crippen LogP) is 11.1. The molecule has 2 aliphatic heterocycles. The van der Waals surface area contributed by atoms with E-state index in [1.54, 1.807) is 30.0 Å². The van der Waals surface area contributed by atoms with E-state index < -0.39 is 40.9 Å². The normalized spacial score (nSPS) is 24.2. The molecule has 7 unspecified atom stereocenters. The summed E-state index contributed by atoms with van der Waals surface area (Å²) in [6.45, 7) is 4.58. The van der Waals surface area contributed by atoms with Gasteiger partial charge in [-0.25, -0.2) is 9.18 Å². The quantitative estimate of drug-likeness (QED) is 0.0267. The van der Waals surface area contributed by atoms with Crippen molar-refractivity contribution in [3.63, 3.8) is 0 Å². The number of nitro groups is 1. The Labute approximate surface area is 406 Å². The molecule has 8 rings (SSSR count). The molecule has 0 bridgehead atoms. The van der Waals surface area contributed by atoms with Crippen LogP contribution in [0.2, 0.25) is 0 Å². The number of nitrogens with zero attached hydrogens (tertiary/aromatic N) is 3. The van der Waals surface area contributed by atoms with E-state index in [9.17, 15) is 24.7 Å². The first kappa shape index (κ1) is 49.6. The van der Waals surface area contributed by atoms with Crippen LogP contribution in [-0.4, -0.2) is 82.6 Å². The maximum absolute atomic E-state index is 15.1. The van der Waals surface area contributed by atoms with Crippen molar-refractivity contribution in [1.82, 2.24) is 4.90 Å². The molecule has 0 radical (unpaired) electrons. The van der Waals surface area contributed by atoms with Crippen molar-refractivity contribution >= 4 is 29.3 Å². The molecule has 0 aromatic heterocycles. The molecule has 1 amide bonds. The Bertz CT molecular complexity index is 2450. The molecule has 2 fully saturated rings. The number of hydrogen-bond donors (Lipinski definition) is 2. The van der Waals surface area contributed by atoms with E-state index in [-0.39, 0.29) is 62.0 Å². The number of hydrogen-bond acceptors (Lipinski definition) is 13. The zero-order valence-corrected chi connectivity index (χ0v) is 39.6. The van der Waals surface area contributed by atoms with Crippen LogP contribution in [0.25, 0.3) is 0 Å². The molecule has 16 heteroatoms. The van der Waals surface area contributed by atoms with Gasteiger partial charge in [-0.3, -0.25) is 15.0 Å². The lowest BCUT2D eigenvalue weighted by atomic mass is 9.55. The van der Waals surface area contributed by atoms with Gasteiger partial charge in [-0.05, 0) is 134 Å². The molecule has 4 aliphatic rings. The van der Waals surface area contributed by atoms with Gasteiger partial charge in [0.25, 0.3) is 5.69 Å². The number of thioether (sulfide) groups is 1. The van der Waals surface area contributed by atoms with Gasteiger partial charge in [-0.15, -0.1) is 18.3 Å². The molecule has 366 valence electrons. The number of unbranched alkanes of at least 4 members (excludes halogenated alkanes) is 2. The maximum atomic E-state index is 15.1. The van der Waals surface area contributed by atoms with E-state index >= 15 is 4.79 Å². The number of non-ortho nitro benzene ring substituents is 1. The van der Waals surface area contributed by atoms with E-state index in [0.29, 0.717) is 54.4 Å². The molecule has 1 saturated carbocycles. The van der Waals surface area contributed by atoms with E-state index in [4.69, 9.17) is 33.7 Å². The first-order valence-electron chi connectivity index (χ1n) is 23.8. The average Bonchev–Trinajstić information content (AvgIpc) is 3.36. The minimum atomic E-state index is -1.64. The molecule has 69 heavy (non-hydrogen) atoms. The van der Waals surface area contributed by atoms with Crippen molar-refractivity contribution in [2.75, 3.05) is 32.7 Å². The molecule has 2 heterocycles. The number of fused-ring (bicyclic) bond motifs is 2. The third-order valence-corrected chi connectivity index (χ3v) is 14.2. The largest absolute Gasteiger partial charge is 0.459 e. The first-order chi connectivity index (χ1) is 33.6. The maximum Gasteiger partial charge on any atom is 0.416 e. The monoisotopic (exact) mass is 965 g/mol. The van der Waals surface area contributed by atoms with Crippen molar-refractivity contribution < 1.29 is 52.8 Å². The van der Waals surface area contributed by atoms with Gasteiger partial charge in [-0.1, -0.05) is 42.3 Å². The lowest BCUT2D eigenvalue weighted by Gasteiger charge is -2.59. The van der Waals surface area contributed by atoms with Gasteiger partial charge in [-0.2, -0.15) is 0 Å². The Kier molecular flexibility index (Phi) is 16.7. The number of rotatable bonds is 21. The Morgan fingerprint density at radius 1 is 0.971 bits per heavy atom. The Morgan fingerprint density at radius 3 is 2.38 bits per heavy atom. The molecule has 2 N–H and O–H groups in total. The van der Waals surface area contributed by atoms with Crippen LogP contribution in [0.1, 0.15) is 81.3 Å². The third kappa shape index (κ3) is 11.5. The van der Waals surface area contributed by atoms with E-state index in [0.717, 1.165) is 54.6 Å². The van der Waals surface area contributed by atoms with Crippen molar-refractivity contribution in [2.24, 2.45) is 22.9 Å². The standard InChI is InChI=1S/C53H60FN3O11S/c1-3-29-64-53-48(56(34-35-13-15-37(54)16-14-35)52(60)66-40-19-17-38(18-20-40)57(61)62)33-46(55-68-49-12-6-9-30-63-49)44-31-36(10-4-7-27-58)43(11-5-8-28-59)50(51(44)53)45-32-41(23-26-47(45)67-53)65-39-21-24-42(69-2)25-22-39/h3,13-26,31-32,36,43,48-51,58-59H,1,4-12,27-30,33-34H2,2H3. The number of amides is 1. The lowest BCUT2D eigenvalue weighted by molar-refractivity contribution is -0.384. The lowest BCUT2D eigenvalue weighted by Crippen LogP contribution is -2.70. The second kappa shape index (κ2) is 23.2. The number of aliphatic hydroxyl groups excluding tert-OH is 2. The van der Waals surface area contributed by atoms with Crippen LogP contribution in [0.4, 0.5) is 14.9 Å². The predicted molar refractivity (Wildman–Crippen MR) is 259 cm³/mol. The third-order valence-electron chi connectivity index (χ3n) is 13.5. The number of carbonyl (C=O) groups excluding carboxylic acids is 1. The summed E-state index contributed by atoms with van der Waals surface area (Å²) in [7, 11) is 0. The fourth-order valence-electron chi connectivity index (χ4n) is 10.3. The number of benzene rings is 4. The molecule has 7 atom stereocenters. The van der Waals surface area contributed by atoms with Crippen LogP contribution < -0.4 is 14.2 Å². The van der Waals surface area contributed by atoms with Crippen LogP contribution in [0.5, 0.6) is 23.0 Å². The van der Waals surface area contributed by atoms with Crippen LogP contribution in [-0.2, 0) is 20.9 Å². The number of ether oxygens (including phenoxy) is 5. The summed E-state index contributed by atoms with van der Waals surface area (Å²) in [4.78, 5) is 35.0. The first-order valence-corrected chi connectivity index (χ1v) is 25.0. The van der Waals surface area contributed by atoms with Crippen LogP contribution in [0, 0.1) is 33.7 Å². The van der Waals surface area contributed by atoms with Gasteiger partial charge < -0.3 is 38.7 Å². The molecule has 0 spiro atoms. The van der Waals surface area contributed by atoms with Gasteiger partial charge in [0.1, 0.15) is 34.9 Å². The molecule has 2 aliphatic carbocycles. The summed E-state index contributed by atoms with van der Waals surface area (Å²) in [6, 6.07) is 23.7. The second-order valence-corrected chi connectivity index (χ2v) is 18.7. The van der Waals surface area contributed by atoms with Gasteiger partial charge in [0, 0.05) is 61.1 Å². The number of nitro benzene ring substituents is 1. The highest BCUT2D eigenvalue weighted by Crippen LogP contribution is 2.62. The zero-order valence-electron chi connectivity index (χ0n) is 38.8. The number of halogens is 1. The topological polar surface area (TPSA) is 172 Å². The molecule has 14 nitrogen and oxygen atoms in total. The number of oxime groups is 1. The van der Waals surface area contributed by atoms with Crippen LogP contribution in [0.3, 0.4) is 0 Å². The summed E-state index contributed by atoms with van der Waals surface area (Å²) >= 11 is 1.64. The fourth-order valence-corrected chi connectivity index (χ4v) is 10.7. The summed E-state index contributed by atoms with van der Waals surface area (Å²) in [5.41, 5.74) is 2.67. The summed E-state index contributed by atoms with van der Waals surface area (Å²) in [5.74, 6) is -1.33. The minimum Gasteiger partial charge on any atom is -0.459 e. The zero-order chi connectivity index (χ0) is 48.3. The summed E-state index contributed by atoms with van der Waals surface area (Å²) in [5, 5.41) is 36.5. The van der Waals surface area contributed by atoms with Gasteiger partial charge in [0.15, 0.2) is 0 Å². The number of carbonyl (C=O) groups is 1. The average molecular weight is 966 g/mol. The molecule has 4 aromatic rings. The highest BCUT2D eigenvalue weighted by atomic mass is 32.2. The highest BCUT2D eigenvalue weighted by Gasteiger charge is 2.66. The highest BCUT2D eigenvalue weighted by molar-refractivity contribution is 7.98. The van der Waals surface area contributed by atoms with Crippen molar-refractivity contribution in [1.29, 1.82) is 0 Å². The Balaban J connectivity index is 1.33. The van der Waals surface area contributed by atoms with Gasteiger partial charge >= 0.3 is 6.09 Å². The van der Waals surface area contributed by atoms with Crippen molar-refractivity contribution in [3.8, 4) is 23.0 Å². The Morgan fingerprint density at radius 2 is 1.70 bits per heavy atom. The van der Waals surface area contributed by atoms with Gasteiger partial charge in [0.05, 0.1) is 29.8 Å². The second-order valence-electron chi connectivity index (χ2n) is 17.8. The van der Waals surface area contributed by atoms with E-state index in [2.05, 4.69) is 12.7 Å². The molecular formula is C53H60FN3O11S. The van der Waals surface area contributed by atoms with E-state index in [1.807, 2.05) is 48.7 Å². The number of allylic oxidation sites excluding steroid dienone is 1. The van der Waals surface area contributed by atoms with Crippen LogP contribution >= 0.6 is 11.8 Å². The van der Waals surface area contributed by atoms with Crippen molar-refractivity contribution in [2.45, 2.75) is 99.7 Å². The molecular weight excluding hydrogens is 906 g/mol. The number of aliphatic hydroxyl groups is 2.